The Morgan fingerprint density at radius 3 is 2.38 bits per heavy atom. The fourth-order valence-electron chi connectivity index (χ4n) is 2.13. The third-order valence-corrected chi connectivity index (χ3v) is 4.67. The Morgan fingerprint density at radius 1 is 1.29 bits per heavy atom. The molecular formula is C15H20N2O3S. The van der Waals surface area contributed by atoms with Crippen molar-refractivity contribution in [3.05, 3.63) is 47.3 Å². The van der Waals surface area contributed by atoms with E-state index in [4.69, 9.17) is 4.52 Å². The normalized spacial score (nSPS) is 13.6. The van der Waals surface area contributed by atoms with Gasteiger partial charge in [0.25, 0.3) is 0 Å². The van der Waals surface area contributed by atoms with Gasteiger partial charge in [-0.15, -0.1) is 0 Å². The highest BCUT2D eigenvalue weighted by Gasteiger charge is 2.15. The van der Waals surface area contributed by atoms with E-state index in [1.165, 1.54) is 6.26 Å². The van der Waals surface area contributed by atoms with Crippen molar-refractivity contribution in [2.24, 2.45) is 0 Å². The molecule has 0 spiro atoms. The van der Waals surface area contributed by atoms with Crippen LogP contribution in [0.3, 0.4) is 0 Å². The molecule has 5 nitrogen and oxygen atoms in total. The average Bonchev–Trinajstić information content (AvgIpc) is 2.82. The van der Waals surface area contributed by atoms with Gasteiger partial charge in [0.05, 0.1) is 10.6 Å². The number of nitrogens with zero attached hydrogens (tertiary/aromatic N) is 2. The van der Waals surface area contributed by atoms with Gasteiger partial charge in [0.15, 0.2) is 9.84 Å². The quantitative estimate of drug-likeness (QED) is 0.849. The first-order valence-corrected chi connectivity index (χ1v) is 8.59. The smallest absolute Gasteiger partial charge is 0.175 e. The van der Waals surface area contributed by atoms with Crippen LogP contribution in [0.1, 0.15) is 30.0 Å². The van der Waals surface area contributed by atoms with E-state index in [1.807, 2.05) is 32.2 Å². The van der Waals surface area contributed by atoms with E-state index >= 15 is 0 Å². The minimum atomic E-state index is -3.15. The molecule has 0 radical (unpaired) electrons. The Balaban J connectivity index is 2.10. The highest BCUT2D eigenvalue weighted by Crippen LogP contribution is 2.22. The number of benzene rings is 1. The van der Waals surface area contributed by atoms with Crippen LogP contribution in [0.4, 0.5) is 0 Å². The van der Waals surface area contributed by atoms with Gasteiger partial charge in [-0.2, -0.15) is 0 Å². The van der Waals surface area contributed by atoms with Gasteiger partial charge in [-0.3, -0.25) is 4.90 Å². The lowest BCUT2D eigenvalue weighted by Crippen LogP contribution is -2.22. The van der Waals surface area contributed by atoms with Crippen LogP contribution in [0.2, 0.25) is 0 Å². The zero-order valence-corrected chi connectivity index (χ0v) is 13.5. The third kappa shape index (κ3) is 3.92. The standard InChI is InChI=1S/C15H20N2O3S/c1-11-9-14(16-20-11)10-17(3)12(2)13-5-7-15(8-6-13)21(4,18)19/h5-9,12H,10H2,1-4H3. The number of rotatable bonds is 5. The molecule has 0 fully saturated rings. The number of aromatic nitrogens is 1. The summed E-state index contributed by atoms with van der Waals surface area (Å²) in [5, 5.41) is 3.98. The van der Waals surface area contributed by atoms with Gasteiger partial charge in [-0.25, -0.2) is 8.42 Å². The monoisotopic (exact) mass is 308 g/mol. The minimum absolute atomic E-state index is 0.149. The van der Waals surface area contributed by atoms with Crippen LogP contribution < -0.4 is 0 Å². The minimum Gasteiger partial charge on any atom is -0.361 e. The van der Waals surface area contributed by atoms with Crippen LogP contribution >= 0.6 is 0 Å². The molecule has 1 aromatic heterocycles. The first-order valence-electron chi connectivity index (χ1n) is 6.70. The summed E-state index contributed by atoms with van der Waals surface area (Å²) in [5.74, 6) is 0.795. The average molecular weight is 308 g/mol. The maximum absolute atomic E-state index is 11.5. The topological polar surface area (TPSA) is 63.4 Å². The predicted molar refractivity (Wildman–Crippen MR) is 80.7 cm³/mol. The van der Waals surface area contributed by atoms with Crippen LogP contribution in [-0.4, -0.2) is 31.8 Å². The Hall–Kier alpha value is -1.66. The molecule has 0 saturated heterocycles. The second kappa shape index (κ2) is 5.99. The molecule has 1 atom stereocenters. The zero-order chi connectivity index (χ0) is 15.6. The molecule has 21 heavy (non-hydrogen) atoms. The summed E-state index contributed by atoms with van der Waals surface area (Å²) in [5.41, 5.74) is 1.94. The van der Waals surface area contributed by atoms with Crippen molar-refractivity contribution < 1.29 is 12.9 Å². The van der Waals surface area contributed by atoms with Crippen molar-refractivity contribution in [1.29, 1.82) is 0 Å². The first-order chi connectivity index (χ1) is 9.77. The molecule has 0 aliphatic heterocycles. The van der Waals surface area contributed by atoms with Gasteiger partial charge in [-0.1, -0.05) is 17.3 Å². The molecule has 0 aliphatic carbocycles. The summed E-state index contributed by atoms with van der Waals surface area (Å²) in [7, 11) is -1.15. The zero-order valence-electron chi connectivity index (χ0n) is 12.7. The molecule has 1 unspecified atom stereocenters. The third-order valence-electron chi connectivity index (χ3n) is 3.54. The van der Waals surface area contributed by atoms with E-state index < -0.39 is 9.84 Å². The molecule has 1 aromatic carbocycles. The maximum Gasteiger partial charge on any atom is 0.175 e. The predicted octanol–water partition coefficient (Wildman–Crippen LogP) is 2.58. The molecule has 2 aromatic rings. The van der Waals surface area contributed by atoms with E-state index in [0.29, 0.717) is 11.4 Å². The van der Waals surface area contributed by atoms with Crippen LogP contribution in [0, 0.1) is 6.92 Å². The fourth-order valence-corrected chi connectivity index (χ4v) is 2.76. The summed E-state index contributed by atoms with van der Waals surface area (Å²) >= 11 is 0. The summed E-state index contributed by atoms with van der Waals surface area (Å²) in [6.45, 7) is 4.61. The van der Waals surface area contributed by atoms with Gasteiger partial charge in [0.2, 0.25) is 0 Å². The highest BCUT2D eigenvalue weighted by atomic mass is 32.2. The van der Waals surface area contributed by atoms with Crippen LogP contribution in [0.25, 0.3) is 0 Å². The molecular weight excluding hydrogens is 288 g/mol. The number of hydrogen-bond acceptors (Lipinski definition) is 5. The SMILES string of the molecule is Cc1cc(CN(C)C(C)c2ccc(S(C)(=O)=O)cc2)no1. The Morgan fingerprint density at radius 2 is 1.90 bits per heavy atom. The molecule has 2 rings (SSSR count). The number of hydrogen-bond donors (Lipinski definition) is 0. The second-order valence-corrected chi connectivity index (χ2v) is 7.38. The molecule has 6 heteroatoms. The van der Waals surface area contributed by atoms with E-state index in [9.17, 15) is 8.42 Å². The molecule has 0 amide bonds. The molecule has 114 valence electrons. The van der Waals surface area contributed by atoms with Crippen molar-refractivity contribution in [2.45, 2.75) is 31.3 Å². The lowest BCUT2D eigenvalue weighted by Gasteiger charge is -2.24. The number of aryl methyl sites for hydroxylation is 1. The van der Waals surface area contributed by atoms with Crippen LogP contribution in [0.15, 0.2) is 39.8 Å². The van der Waals surface area contributed by atoms with E-state index in [0.717, 1.165) is 17.0 Å². The summed E-state index contributed by atoms with van der Waals surface area (Å²) in [6.07, 6.45) is 1.21. The van der Waals surface area contributed by atoms with Crippen molar-refractivity contribution in [1.82, 2.24) is 10.1 Å². The largest absolute Gasteiger partial charge is 0.361 e. The Bertz CT molecular complexity index is 705. The van der Waals surface area contributed by atoms with Gasteiger partial charge in [0.1, 0.15) is 5.76 Å². The van der Waals surface area contributed by atoms with Crippen molar-refractivity contribution in [3.8, 4) is 0 Å². The molecule has 0 aliphatic rings. The Kier molecular flexibility index (Phi) is 4.49. The number of sulfone groups is 1. The summed E-state index contributed by atoms with van der Waals surface area (Å²) in [4.78, 5) is 2.47. The fraction of sp³-hybridized carbons (Fsp3) is 0.400. The molecule has 0 N–H and O–H groups in total. The van der Waals surface area contributed by atoms with Crippen molar-refractivity contribution in [2.75, 3.05) is 13.3 Å². The van der Waals surface area contributed by atoms with Gasteiger partial charge >= 0.3 is 0 Å². The first kappa shape index (κ1) is 15.7. The molecule has 0 saturated carbocycles. The molecule has 0 bridgehead atoms. The van der Waals surface area contributed by atoms with Crippen molar-refractivity contribution >= 4 is 9.84 Å². The van der Waals surface area contributed by atoms with Crippen molar-refractivity contribution in [3.63, 3.8) is 0 Å². The van der Waals surface area contributed by atoms with E-state index in [1.54, 1.807) is 12.1 Å². The maximum atomic E-state index is 11.5. The Labute approximate surface area is 125 Å². The van der Waals surface area contributed by atoms with E-state index in [2.05, 4.69) is 17.0 Å². The lowest BCUT2D eigenvalue weighted by atomic mass is 10.1. The molecule has 1 heterocycles. The van der Waals surface area contributed by atoms with Gasteiger partial charge in [-0.05, 0) is 38.6 Å². The lowest BCUT2D eigenvalue weighted by molar-refractivity contribution is 0.244. The van der Waals surface area contributed by atoms with Crippen LogP contribution in [0.5, 0.6) is 0 Å². The van der Waals surface area contributed by atoms with Gasteiger partial charge < -0.3 is 4.52 Å². The van der Waals surface area contributed by atoms with Crippen LogP contribution in [-0.2, 0) is 16.4 Å². The summed E-state index contributed by atoms with van der Waals surface area (Å²) < 4.78 is 28.0. The highest BCUT2D eigenvalue weighted by molar-refractivity contribution is 7.90. The second-order valence-electron chi connectivity index (χ2n) is 5.36. The summed E-state index contributed by atoms with van der Waals surface area (Å²) in [6, 6.07) is 9.06. The van der Waals surface area contributed by atoms with Gasteiger partial charge in [0, 0.05) is 24.9 Å². The van der Waals surface area contributed by atoms with E-state index in [-0.39, 0.29) is 6.04 Å².